The molecule has 0 aliphatic heterocycles. The number of unbranched alkanes of at least 4 members (excludes halogenated alkanes) is 1. The molecule has 0 spiro atoms. The van der Waals surface area contributed by atoms with Gasteiger partial charge in [0.25, 0.3) is 0 Å². The molecule has 2 aromatic rings. The zero-order valence-corrected chi connectivity index (χ0v) is 12.0. The Morgan fingerprint density at radius 2 is 1.95 bits per heavy atom. The fraction of sp³-hybridized carbons (Fsp3) is 0.312. The van der Waals surface area contributed by atoms with Crippen LogP contribution in [0, 0.1) is 0 Å². The molecule has 3 heteroatoms. The van der Waals surface area contributed by atoms with Crippen molar-refractivity contribution in [3.63, 3.8) is 0 Å². The molecular formula is C16H19ClN2. The van der Waals surface area contributed by atoms with E-state index >= 15 is 0 Å². The maximum Gasteiger partial charge on any atom is 0.0510 e. The first-order valence-corrected chi connectivity index (χ1v) is 7.21. The smallest absolute Gasteiger partial charge is 0.0510 e. The molecule has 2 nitrogen and oxygen atoms in total. The topological polar surface area (TPSA) is 16.1 Å². The fourth-order valence-corrected chi connectivity index (χ4v) is 2.30. The summed E-state index contributed by atoms with van der Waals surface area (Å²) in [5.74, 6) is 0.485. The van der Waals surface area contributed by atoms with E-state index in [1.165, 1.54) is 12.1 Å². The van der Waals surface area contributed by atoms with Crippen LogP contribution in [-0.2, 0) is 5.88 Å². The average Bonchev–Trinajstić information content (AvgIpc) is 2.49. The number of rotatable bonds is 6. The molecule has 100 valence electrons. The molecule has 0 amide bonds. The maximum absolute atomic E-state index is 6.03. The van der Waals surface area contributed by atoms with Crippen LogP contribution >= 0.6 is 11.6 Å². The van der Waals surface area contributed by atoms with Gasteiger partial charge in [-0.1, -0.05) is 31.5 Å². The van der Waals surface area contributed by atoms with Crippen LogP contribution in [0.25, 0.3) is 0 Å². The Hall–Kier alpha value is -1.54. The second kappa shape index (κ2) is 7.15. The highest BCUT2D eigenvalue weighted by molar-refractivity contribution is 6.17. The molecule has 2 rings (SSSR count). The van der Waals surface area contributed by atoms with E-state index < -0.39 is 0 Å². The predicted molar refractivity (Wildman–Crippen MR) is 82.2 cm³/mol. The second-order valence-corrected chi connectivity index (χ2v) is 4.75. The Bertz CT molecular complexity index is 499. The van der Waals surface area contributed by atoms with Gasteiger partial charge in [-0.05, 0) is 24.6 Å². The van der Waals surface area contributed by atoms with Crippen LogP contribution in [0.3, 0.4) is 0 Å². The standard InChI is InChI=1S/C16H19ClN2/c1-2-3-11-19(15-7-5-4-6-8-15)16-9-10-18-13-14(16)12-17/h4-10,13H,2-3,11-12H2,1H3. The fourth-order valence-electron chi connectivity index (χ4n) is 2.10. The first-order chi connectivity index (χ1) is 9.36. The summed E-state index contributed by atoms with van der Waals surface area (Å²) in [6, 6.07) is 12.5. The van der Waals surface area contributed by atoms with Gasteiger partial charge in [0.1, 0.15) is 0 Å². The van der Waals surface area contributed by atoms with Crippen molar-refractivity contribution in [1.82, 2.24) is 4.98 Å². The zero-order chi connectivity index (χ0) is 13.5. The molecule has 0 radical (unpaired) electrons. The number of benzene rings is 1. The number of nitrogens with zero attached hydrogens (tertiary/aromatic N) is 2. The van der Waals surface area contributed by atoms with Crippen molar-refractivity contribution >= 4 is 23.0 Å². The van der Waals surface area contributed by atoms with Gasteiger partial charge in [-0.15, -0.1) is 11.6 Å². The van der Waals surface area contributed by atoms with Gasteiger partial charge >= 0.3 is 0 Å². The average molecular weight is 275 g/mol. The Kier molecular flexibility index (Phi) is 5.22. The number of alkyl halides is 1. The van der Waals surface area contributed by atoms with Crippen molar-refractivity contribution in [2.24, 2.45) is 0 Å². The van der Waals surface area contributed by atoms with Gasteiger partial charge in [-0.2, -0.15) is 0 Å². The van der Waals surface area contributed by atoms with Crippen molar-refractivity contribution in [3.05, 3.63) is 54.4 Å². The summed E-state index contributed by atoms with van der Waals surface area (Å²) in [6.07, 6.45) is 6.00. The lowest BCUT2D eigenvalue weighted by molar-refractivity contribution is 0.783. The maximum atomic E-state index is 6.03. The van der Waals surface area contributed by atoms with Gasteiger partial charge in [0, 0.05) is 35.9 Å². The first-order valence-electron chi connectivity index (χ1n) is 6.68. The molecule has 0 fully saturated rings. The van der Waals surface area contributed by atoms with E-state index in [2.05, 4.69) is 41.1 Å². The predicted octanol–water partition coefficient (Wildman–Crippen LogP) is 4.76. The quantitative estimate of drug-likeness (QED) is 0.706. The van der Waals surface area contributed by atoms with Gasteiger partial charge in [0.15, 0.2) is 0 Å². The van der Waals surface area contributed by atoms with Gasteiger partial charge in [0.05, 0.1) is 5.88 Å². The molecule has 0 saturated heterocycles. The molecule has 0 saturated carbocycles. The molecule has 19 heavy (non-hydrogen) atoms. The van der Waals surface area contributed by atoms with Crippen LogP contribution in [0.4, 0.5) is 11.4 Å². The number of anilines is 2. The van der Waals surface area contributed by atoms with Crippen LogP contribution in [0.5, 0.6) is 0 Å². The highest BCUT2D eigenvalue weighted by Crippen LogP contribution is 2.29. The molecule has 0 N–H and O–H groups in total. The normalized spacial score (nSPS) is 10.4. The summed E-state index contributed by atoms with van der Waals surface area (Å²) < 4.78 is 0. The molecule has 0 atom stereocenters. The number of halogens is 1. The van der Waals surface area contributed by atoms with Crippen molar-refractivity contribution in [1.29, 1.82) is 0 Å². The second-order valence-electron chi connectivity index (χ2n) is 4.48. The number of hydrogen-bond donors (Lipinski definition) is 0. The minimum Gasteiger partial charge on any atom is -0.341 e. The highest BCUT2D eigenvalue weighted by atomic mass is 35.5. The Labute approximate surface area is 120 Å². The molecule has 1 aromatic heterocycles. The molecular weight excluding hydrogens is 256 g/mol. The third-order valence-corrected chi connectivity index (χ3v) is 3.40. The van der Waals surface area contributed by atoms with Crippen LogP contribution in [0.2, 0.25) is 0 Å². The van der Waals surface area contributed by atoms with Crippen LogP contribution in [-0.4, -0.2) is 11.5 Å². The number of aromatic nitrogens is 1. The van der Waals surface area contributed by atoms with Crippen molar-refractivity contribution in [2.75, 3.05) is 11.4 Å². The Balaban J connectivity index is 2.37. The van der Waals surface area contributed by atoms with Crippen molar-refractivity contribution < 1.29 is 0 Å². The van der Waals surface area contributed by atoms with E-state index in [1.54, 1.807) is 0 Å². The number of pyridine rings is 1. The lowest BCUT2D eigenvalue weighted by atomic mass is 10.2. The zero-order valence-electron chi connectivity index (χ0n) is 11.2. The van der Waals surface area contributed by atoms with Gasteiger partial charge in [0.2, 0.25) is 0 Å². The summed E-state index contributed by atoms with van der Waals surface area (Å²) in [7, 11) is 0. The summed E-state index contributed by atoms with van der Waals surface area (Å²) in [5.41, 5.74) is 3.43. The summed E-state index contributed by atoms with van der Waals surface area (Å²) in [5, 5.41) is 0. The lowest BCUT2D eigenvalue weighted by Crippen LogP contribution is -2.19. The summed E-state index contributed by atoms with van der Waals surface area (Å²) in [6.45, 7) is 3.20. The van der Waals surface area contributed by atoms with Crippen LogP contribution < -0.4 is 4.90 Å². The van der Waals surface area contributed by atoms with E-state index in [0.29, 0.717) is 5.88 Å². The van der Waals surface area contributed by atoms with Gasteiger partial charge in [-0.25, -0.2) is 0 Å². The van der Waals surface area contributed by atoms with Crippen molar-refractivity contribution in [2.45, 2.75) is 25.6 Å². The Morgan fingerprint density at radius 3 is 2.63 bits per heavy atom. The minimum absolute atomic E-state index is 0.485. The largest absolute Gasteiger partial charge is 0.341 e. The highest BCUT2D eigenvalue weighted by Gasteiger charge is 2.12. The molecule has 1 heterocycles. The first kappa shape index (κ1) is 13.9. The van der Waals surface area contributed by atoms with E-state index in [4.69, 9.17) is 11.6 Å². The molecule has 0 bridgehead atoms. The molecule has 0 aliphatic rings. The van der Waals surface area contributed by atoms with Crippen LogP contribution in [0.15, 0.2) is 48.8 Å². The lowest BCUT2D eigenvalue weighted by Gasteiger charge is -2.26. The molecule has 0 unspecified atom stereocenters. The number of hydrogen-bond acceptors (Lipinski definition) is 2. The molecule has 1 aromatic carbocycles. The monoisotopic (exact) mass is 274 g/mol. The van der Waals surface area contributed by atoms with Crippen molar-refractivity contribution in [3.8, 4) is 0 Å². The van der Waals surface area contributed by atoms with E-state index in [1.807, 2.05) is 24.5 Å². The van der Waals surface area contributed by atoms with E-state index in [-0.39, 0.29) is 0 Å². The van der Waals surface area contributed by atoms with E-state index in [9.17, 15) is 0 Å². The Morgan fingerprint density at radius 1 is 1.16 bits per heavy atom. The van der Waals surface area contributed by atoms with E-state index in [0.717, 1.165) is 24.2 Å². The third kappa shape index (κ3) is 3.48. The summed E-state index contributed by atoms with van der Waals surface area (Å²) in [4.78, 5) is 6.48. The van der Waals surface area contributed by atoms with Gasteiger partial charge in [-0.3, -0.25) is 4.98 Å². The summed E-state index contributed by atoms with van der Waals surface area (Å²) >= 11 is 6.03. The van der Waals surface area contributed by atoms with Crippen LogP contribution in [0.1, 0.15) is 25.3 Å². The minimum atomic E-state index is 0.485. The SMILES string of the molecule is CCCCN(c1ccccc1)c1ccncc1CCl. The molecule has 0 aliphatic carbocycles. The third-order valence-electron chi connectivity index (χ3n) is 3.12. The van der Waals surface area contributed by atoms with Gasteiger partial charge < -0.3 is 4.90 Å². The number of para-hydroxylation sites is 1.